The molecule has 1 aliphatic heterocycles. The van der Waals surface area contributed by atoms with Gasteiger partial charge in [-0.2, -0.15) is 0 Å². The van der Waals surface area contributed by atoms with Crippen LogP contribution in [0.2, 0.25) is 0 Å². The number of nitrogens with one attached hydrogen (secondary N) is 1. The van der Waals surface area contributed by atoms with Crippen LogP contribution in [0.4, 0.5) is 0 Å². The van der Waals surface area contributed by atoms with Gasteiger partial charge >= 0.3 is 0 Å². The highest BCUT2D eigenvalue weighted by atomic mass is 16.1. The van der Waals surface area contributed by atoms with E-state index in [2.05, 4.69) is 24.1 Å². The van der Waals surface area contributed by atoms with Crippen molar-refractivity contribution in [3.05, 3.63) is 0 Å². The predicted octanol–water partition coefficient (Wildman–Crippen LogP) is 1.11. The summed E-state index contributed by atoms with van der Waals surface area (Å²) in [6.45, 7) is 8.61. The van der Waals surface area contributed by atoms with Gasteiger partial charge in [-0.3, -0.25) is 4.79 Å². The maximum atomic E-state index is 11.2. The number of likely N-dealkylation sites (tertiary alicyclic amines) is 1. The zero-order valence-corrected chi connectivity index (χ0v) is 11.3. The second kappa shape index (κ2) is 6.97. The third-order valence-electron chi connectivity index (χ3n) is 3.64. The van der Waals surface area contributed by atoms with E-state index in [1.165, 1.54) is 13.0 Å². The molecule has 4 nitrogen and oxygen atoms in total. The highest BCUT2D eigenvalue weighted by Crippen LogP contribution is 2.25. The molecule has 1 heterocycles. The van der Waals surface area contributed by atoms with E-state index in [1.54, 1.807) is 0 Å². The number of carbonyl (C=O) groups excluding carboxylic acids is 1. The number of carbonyl (C=O) groups is 1. The number of nitrogens with two attached hydrogens (primary N) is 1. The molecule has 1 unspecified atom stereocenters. The van der Waals surface area contributed by atoms with Crippen LogP contribution < -0.4 is 11.1 Å². The Hall–Kier alpha value is -0.610. The molecule has 0 aromatic heterocycles. The van der Waals surface area contributed by atoms with Crippen LogP contribution in [0, 0.1) is 0 Å². The monoisotopic (exact) mass is 241 g/mol. The first-order valence-corrected chi connectivity index (χ1v) is 6.87. The Bertz CT molecular complexity index is 245. The maximum absolute atomic E-state index is 11.2. The molecule has 0 saturated carbocycles. The van der Waals surface area contributed by atoms with E-state index in [4.69, 9.17) is 5.73 Å². The van der Waals surface area contributed by atoms with Gasteiger partial charge in [-0.25, -0.2) is 0 Å². The lowest BCUT2D eigenvalue weighted by atomic mass is 9.86. The highest BCUT2D eigenvalue weighted by molar-refractivity contribution is 5.75. The number of hydrogen-bond donors (Lipinski definition) is 2. The first-order valence-electron chi connectivity index (χ1n) is 6.87. The number of amides is 1. The molecule has 17 heavy (non-hydrogen) atoms. The second-order valence-electron chi connectivity index (χ2n) is 5.15. The zero-order valence-electron chi connectivity index (χ0n) is 11.3. The van der Waals surface area contributed by atoms with Gasteiger partial charge in [0, 0.05) is 12.0 Å². The topological polar surface area (TPSA) is 58.4 Å². The maximum Gasteiger partial charge on any atom is 0.219 e. The van der Waals surface area contributed by atoms with Crippen LogP contribution in [0.5, 0.6) is 0 Å². The Morgan fingerprint density at radius 2 is 2.12 bits per heavy atom. The molecule has 1 rings (SSSR count). The van der Waals surface area contributed by atoms with Crippen molar-refractivity contribution in [3.63, 3.8) is 0 Å². The highest BCUT2D eigenvalue weighted by Gasteiger charge is 2.33. The summed E-state index contributed by atoms with van der Waals surface area (Å²) in [6.07, 6.45) is 4.92. The SMILES string of the molecule is CCCN1CCCC(CC(N)=O)(NCC)CC1. The van der Waals surface area contributed by atoms with Gasteiger partial charge in [-0.05, 0) is 51.9 Å². The summed E-state index contributed by atoms with van der Waals surface area (Å²) in [6, 6.07) is 0. The molecule has 0 aromatic carbocycles. The van der Waals surface area contributed by atoms with E-state index in [0.29, 0.717) is 6.42 Å². The molecule has 1 saturated heterocycles. The molecule has 0 bridgehead atoms. The molecule has 3 N–H and O–H groups in total. The van der Waals surface area contributed by atoms with E-state index >= 15 is 0 Å². The molecule has 0 aromatic rings. The van der Waals surface area contributed by atoms with E-state index in [0.717, 1.165) is 38.9 Å². The van der Waals surface area contributed by atoms with E-state index in [9.17, 15) is 4.79 Å². The van der Waals surface area contributed by atoms with Gasteiger partial charge in [0.25, 0.3) is 0 Å². The minimum absolute atomic E-state index is 0.0525. The van der Waals surface area contributed by atoms with Crippen LogP contribution in [0.15, 0.2) is 0 Å². The summed E-state index contributed by atoms with van der Waals surface area (Å²) < 4.78 is 0. The van der Waals surface area contributed by atoms with Gasteiger partial charge in [0.05, 0.1) is 0 Å². The molecule has 1 fully saturated rings. The molecule has 4 heteroatoms. The van der Waals surface area contributed by atoms with Crippen molar-refractivity contribution < 1.29 is 4.79 Å². The predicted molar refractivity (Wildman–Crippen MR) is 70.8 cm³/mol. The third kappa shape index (κ3) is 4.64. The molecular formula is C13H27N3O. The largest absolute Gasteiger partial charge is 0.370 e. The summed E-state index contributed by atoms with van der Waals surface area (Å²) in [5.41, 5.74) is 5.34. The Kier molecular flexibility index (Phi) is 5.92. The van der Waals surface area contributed by atoms with Crippen molar-refractivity contribution >= 4 is 5.91 Å². The van der Waals surface area contributed by atoms with Crippen LogP contribution in [0.25, 0.3) is 0 Å². The summed E-state index contributed by atoms with van der Waals surface area (Å²) in [5.74, 6) is -0.185. The lowest BCUT2D eigenvalue weighted by Crippen LogP contribution is -2.48. The normalized spacial score (nSPS) is 26.7. The Morgan fingerprint density at radius 3 is 2.71 bits per heavy atom. The van der Waals surface area contributed by atoms with Crippen molar-refractivity contribution in [3.8, 4) is 0 Å². The van der Waals surface area contributed by atoms with Crippen molar-refractivity contribution in [2.75, 3.05) is 26.2 Å². The van der Waals surface area contributed by atoms with Crippen molar-refractivity contribution in [1.29, 1.82) is 0 Å². The summed E-state index contributed by atoms with van der Waals surface area (Å²) in [5, 5.41) is 3.50. The first kappa shape index (κ1) is 14.5. The Morgan fingerprint density at radius 1 is 1.35 bits per heavy atom. The molecule has 100 valence electrons. The average Bonchev–Trinajstić information content (AvgIpc) is 2.42. The van der Waals surface area contributed by atoms with Gasteiger partial charge in [-0.1, -0.05) is 13.8 Å². The van der Waals surface area contributed by atoms with Crippen LogP contribution in [-0.2, 0) is 4.79 Å². The summed E-state index contributed by atoms with van der Waals surface area (Å²) in [7, 11) is 0. The number of rotatable bonds is 6. The van der Waals surface area contributed by atoms with E-state index < -0.39 is 0 Å². The van der Waals surface area contributed by atoms with Crippen molar-refractivity contribution in [2.24, 2.45) is 5.73 Å². The minimum atomic E-state index is -0.185. The van der Waals surface area contributed by atoms with Crippen LogP contribution in [0.1, 0.15) is 46.0 Å². The molecule has 1 amide bonds. The van der Waals surface area contributed by atoms with E-state index in [-0.39, 0.29) is 11.4 Å². The fraction of sp³-hybridized carbons (Fsp3) is 0.923. The Balaban J connectivity index is 2.61. The lowest BCUT2D eigenvalue weighted by molar-refractivity contribution is -0.119. The minimum Gasteiger partial charge on any atom is -0.370 e. The number of hydrogen-bond acceptors (Lipinski definition) is 3. The second-order valence-corrected chi connectivity index (χ2v) is 5.15. The third-order valence-corrected chi connectivity index (χ3v) is 3.64. The van der Waals surface area contributed by atoms with Crippen molar-refractivity contribution in [1.82, 2.24) is 10.2 Å². The summed E-state index contributed by atoms with van der Waals surface area (Å²) in [4.78, 5) is 13.7. The lowest BCUT2D eigenvalue weighted by Gasteiger charge is -2.32. The molecule has 1 aliphatic rings. The fourth-order valence-electron chi connectivity index (χ4n) is 2.91. The molecular weight excluding hydrogens is 214 g/mol. The standard InChI is InChI=1S/C13H27N3O/c1-3-8-16-9-5-6-13(7-10-16,15-4-2)11-12(14)17/h15H,3-11H2,1-2H3,(H2,14,17). The number of primary amides is 1. The smallest absolute Gasteiger partial charge is 0.219 e. The fourth-order valence-corrected chi connectivity index (χ4v) is 2.91. The average molecular weight is 241 g/mol. The van der Waals surface area contributed by atoms with Gasteiger partial charge in [0.15, 0.2) is 0 Å². The van der Waals surface area contributed by atoms with Crippen LogP contribution in [-0.4, -0.2) is 42.5 Å². The zero-order chi connectivity index (χ0) is 12.7. The van der Waals surface area contributed by atoms with Gasteiger partial charge in [0.1, 0.15) is 0 Å². The molecule has 0 spiro atoms. The van der Waals surface area contributed by atoms with E-state index in [1.807, 2.05) is 0 Å². The quantitative estimate of drug-likeness (QED) is 0.732. The van der Waals surface area contributed by atoms with Gasteiger partial charge in [-0.15, -0.1) is 0 Å². The summed E-state index contributed by atoms with van der Waals surface area (Å²) >= 11 is 0. The first-order chi connectivity index (χ1) is 8.12. The van der Waals surface area contributed by atoms with Crippen molar-refractivity contribution in [2.45, 2.75) is 51.5 Å². The molecule has 1 atom stereocenters. The van der Waals surface area contributed by atoms with Crippen LogP contribution in [0.3, 0.4) is 0 Å². The van der Waals surface area contributed by atoms with Gasteiger partial charge in [0.2, 0.25) is 5.91 Å². The molecule has 0 aliphatic carbocycles. The molecule has 0 radical (unpaired) electrons. The van der Waals surface area contributed by atoms with Crippen LogP contribution >= 0.6 is 0 Å². The van der Waals surface area contributed by atoms with Gasteiger partial charge < -0.3 is 16.0 Å². The Labute approximate surface area is 105 Å². The number of nitrogens with zero attached hydrogens (tertiary/aromatic N) is 1.